The van der Waals surface area contributed by atoms with Gasteiger partial charge >= 0.3 is 0 Å². The van der Waals surface area contributed by atoms with E-state index in [0.717, 1.165) is 42.2 Å². The van der Waals surface area contributed by atoms with Gasteiger partial charge in [-0.3, -0.25) is 4.79 Å². The van der Waals surface area contributed by atoms with Gasteiger partial charge in [-0.1, -0.05) is 24.3 Å². The predicted octanol–water partition coefficient (Wildman–Crippen LogP) is 3.08. The van der Waals surface area contributed by atoms with Gasteiger partial charge in [-0.15, -0.1) is 0 Å². The van der Waals surface area contributed by atoms with E-state index in [2.05, 4.69) is 26.3 Å². The number of amides is 1. The van der Waals surface area contributed by atoms with Crippen LogP contribution < -0.4 is 10.2 Å². The van der Waals surface area contributed by atoms with Crippen molar-refractivity contribution in [1.29, 1.82) is 0 Å². The summed E-state index contributed by atoms with van der Waals surface area (Å²) in [6.45, 7) is 3.22. The molecule has 0 radical (unpaired) electrons. The predicted molar refractivity (Wildman–Crippen MR) is 91.6 cm³/mol. The van der Waals surface area contributed by atoms with Gasteiger partial charge in [0.15, 0.2) is 0 Å². The van der Waals surface area contributed by atoms with E-state index in [1.807, 2.05) is 36.4 Å². The molecule has 3 aromatic rings. The van der Waals surface area contributed by atoms with E-state index in [4.69, 9.17) is 0 Å². The number of benzene rings is 2. The van der Waals surface area contributed by atoms with E-state index >= 15 is 0 Å². The highest BCUT2D eigenvalue weighted by atomic mass is 16.1. The molecule has 5 heteroatoms. The number of aromatic nitrogens is 2. The molecule has 23 heavy (non-hydrogen) atoms. The van der Waals surface area contributed by atoms with E-state index in [-0.39, 0.29) is 5.91 Å². The third kappa shape index (κ3) is 2.54. The number of nitrogens with zero attached hydrogens (tertiary/aromatic N) is 2. The minimum atomic E-state index is -0.0295. The van der Waals surface area contributed by atoms with E-state index in [1.165, 1.54) is 11.1 Å². The van der Waals surface area contributed by atoms with Gasteiger partial charge in [-0.25, -0.2) is 4.98 Å². The van der Waals surface area contributed by atoms with Gasteiger partial charge in [0.1, 0.15) is 0 Å². The van der Waals surface area contributed by atoms with Crippen molar-refractivity contribution in [2.45, 2.75) is 19.9 Å². The Hall–Kier alpha value is -2.82. The summed E-state index contributed by atoms with van der Waals surface area (Å²) >= 11 is 0. The summed E-state index contributed by atoms with van der Waals surface area (Å²) in [6.07, 6.45) is 0.892. The maximum absolute atomic E-state index is 11.3. The molecule has 1 amide bonds. The molecule has 4 rings (SSSR count). The highest BCUT2D eigenvalue weighted by molar-refractivity contribution is 5.90. The second-order valence-corrected chi connectivity index (χ2v) is 5.87. The van der Waals surface area contributed by atoms with Crippen LogP contribution in [0.15, 0.2) is 42.5 Å². The molecule has 2 aromatic carbocycles. The van der Waals surface area contributed by atoms with Gasteiger partial charge in [0.05, 0.1) is 11.0 Å². The van der Waals surface area contributed by atoms with Crippen LogP contribution in [0.4, 0.5) is 11.6 Å². The monoisotopic (exact) mass is 306 g/mol. The highest BCUT2D eigenvalue weighted by Gasteiger charge is 2.21. The zero-order chi connectivity index (χ0) is 15.8. The zero-order valence-corrected chi connectivity index (χ0v) is 13.0. The van der Waals surface area contributed by atoms with E-state index in [1.54, 1.807) is 6.92 Å². The molecule has 5 nitrogen and oxygen atoms in total. The number of H-pyrrole nitrogens is 1. The third-order valence-corrected chi connectivity index (χ3v) is 4.25. The molecule has 0 saturated carbocycles. The number of aromatic amines is 1. The summed E-state index contributed by atoms with van der Waals surface area (Å²) in [4.78, 5) is 21.7. The lowest BCUT2D eigenvalue weighted by Crippen LogP contribution is -2.31. The van der Waals surface area contributed by atoms with Crippen LogP contribution in [0.1, 0.15) is 18.1 Å². The number of para-hydroxylation sites is 2. The van der Waals surface area contributed by atoms with E-state index in [0.29, 0.717) is 0 Å². The van der Waals surface area contributed by atoms with Crippen molar-refractivity contribution in [3.8, 4) is 0 Å². The lowest BCUT2D eigenvalue weighted by molar-refractivity contribution is -0.114. The molecule has 0 atom stereocenters. The van der Waals surface area contributed by atoms with Crippen molar-refractivity contribution in [3.05, 3.63) is 53.6 Å². The number of hydrogen-bond acceptors (Lipinski definition) is 3. The molecule has 116 valence electrons. The van der Waals surface area contributed by atoms with Crippen LogP contribution in [0.5, 0.6) is 0 Å². The first-order valence-corrected chi connectivity index (χ1v) is 7.79. The second kappa shape index (κ2) is 5.43. The van der Waals surface area contributed by atoms with Crippen molar-refractivity contribution in [3.63, 3.8) is 0 Å². The van der Waals surface area contributed by atoms with Gasteiger partial charge < -0.3 is 15.2 Å². The minimum Gasteiger partial charge on any atom is -0.338 e. The largest absolute Gasteiger partial charge is 0.338 e. The first-order chi connectivity index (χ1) is 11.2. The maximum Gasteiger partial charge on any atom is 0.221 e. The van der Waals surface area contributed by atoms with Crippen LogP contribution in [0.2, 0.25) is 0 Å². The Morgan fingerprint density at radius 3 is 2.91 bits per heavy atom. The number of carbonyl (C=O) groups is 1. The standard InChI is InChI=1S/C18H18N4O/c1-12(23)19-15-8-4-5-13-11-22(10-9-14(13)15)18-20-16-6-2-3-7-17(16)21-18/h2-8H,9-11H2,1H3,(H,19,23)(H,20,21). The molecule has 1 aliphatic heterocycles. The molecule has 0 saturated heterocycles. The number of hydrogen-bond donors (Lipinski definition) is 2. The number of rotatable bonds is 2. The molecule has 2 N–H and O–H groups in total. The van der Waals surface area contributed by atoms with Crippen molar-refractivity contribution < 1.29 is 4.79 Å². The number of nitrogens with one attached hydrogen (secondary N) is 2. The SMILES string of the molecule is CC(=O)Nc1cccc2c1CCN(c1nc3ccccc3[nH]1)C2. The molecule has 0 bridgehead atoms. The molecule has 1 aromatic heterocycles. The Kier molecular flexibility index (Phi) is 3.26. The lowest BCUT2D eigenvalue weighted by atomic mass is 9.98. The van der Waals surface area contributed by atoms with Crippen LogP contribution in [-0.4, -0.2) is 22.4 Å². The first kappa shape index (κ1) is 13.8. The molecule has 0 fully saturated rings. The Morgan fingerprint density at radius 2 is 2.09 bits per heavy atom. The molecule has 0 aliphatic carbocycles. The van der Waals surface area contributed by atoms with Crippen LogP contribution in [0.25, 0.3) is 11.0 Å². The van der Waals surface area contributed by atoms with E-state index < -0.39 is 0 Å². The van der Waals surface area contributed by atoms with Crippen molar-refractivity contribution >= 4 is 28.6 Å². The fraction of sp³-hybridized carbons (Fsp3) is 0.222. The summed E-state index contributed by atoms with van der Waals surface area (Å²) in [6, 6.07) is 14.1. The smallest absolute Gasteiger partial charge is 0.221 e. The molecule has 0 spiro atoms. The number of carbonyl (C=O) groups excluding carboxylic acids is 1. The molecule has 2 heterocycles. The van der Waals surface area contributed by atoms with Crippen LogP contribution in [0, 0.1) is 0 Å². The molecule has 1 aliphatic rings. The van der Waals surface area contributed by atoms with Crippen molar-refractivity contribution in [2.24, 2.45) is 0 Å². The summed E-state index contributed by atoms with van der Waals surface area (Å²) < 4.78 is 0. The van der Waals surface area contributed by atoms with Crippen LogP contribution in [0.3, 0.4) is 0 Å². The quantitative estimate of drug-likeness (QED) is 0.765. The van der Waals surface area contributed by atoms with Crippen LogP contribution >= 0.6 is 0 Å². The summed E-state index contributed by atoms with van der Waals surface area (Å²) in [5.74, 6) is 0.875. The summed E-state index contributed by atoms with van der Waals surface area (Å²) in [5.41, 5.74) is 5.44. The zero-order valence-electron chi connectivity index (χ0n) is 13.0. The molecular formula is C18H18N4O. The topological polar surface area (TPSA) is 61.0 Å². The maximum atomic E-state index is 11.3. The van der Waals surface area contributed by atoms with Crippen LogP contribution in [-0.2, 0) is 17.8 Å². The second-order valence-electron chi connectivity index (χ2n) is 5.87. The third-order valence-electron chi connectivity index (χ3n) is 4.25. The molecular weight excluding hydrogens is 288 g/mol. The van der Waals surface area contributed by atoms with Gasteiger partial charge in [-0.05, 0) is 35.7 Å². The molecule has 0 unspecified atom stereocenters. The number of fused-ring (bicyclic) bond motifs is 2. The normalized spacial score (nSPS) is 13.9. The number of imidazole rings is 1. The van der Waals surface area contributed by atoms with Gasteiger partial charge in [-0.2, -0.15) is 0 Å². The summed E-state index contributed by atoms with van der Waals surface area (Å²) in [5, 5.41) is 2.93. The van der Waals surface area contributed by atoms with Gasteiger partial charge in [0.25, 0.3) is 0 Å². The van der Waals surface area contributed by atoms with Crippen molar-refractivity contribution in [1.82, 2.24) is 9.97 Å². The lowest BCUT2D eigenvalue weighted by Gasteiger charge is -2.29. The number of anilines is 2. The Balaban J connectivity index is 1.65. The van der Waals surface area contributed by atoms with Gasteiger partial charge in [0, 0.05) is 25.7 Å². The minimum absolute atomic E-state index is 0.0295. The Labute approximate surface area is 134 Å². The van der Waals surface area contributed by atoms with Gasteiger partial charge in [0.2, 0.25) is 11.9 Å². The fourth-order valence-corrected chi connectivity index (χ4v) is 3.19. The Bertz CT molecular complexity index is 851. The average Bonchev–Trinajstić information content (AvgIpc) is 2.98. The fourth-order valence-electron chi connectivity index (χ4n) is 3.19. The Morgan fingerprint density at radius 1 is 1.22 bits per heavy atom. The highest BCUT2D eigenvalue weighted by Crippen LogP contribution is 2.29. The average molecular weight is 306 g/mol. The van der Waals surface area contributed by atoms with Crippen molar-refractivity contribution in [2.75, 3.05) is 16.8 Å². The van der Waals surface area contributed by atoms with E-state index in [9.17, 15) is 4.79 Å². The first-order valence-electron chi connectivity index (χ1n) is 7.79. The summed E-state index contributed by atoms with van der Waals surface area (Å²) in [7, 11) is 0.